The summed E-state index contributed by atoms with van der Waals surface area (Å²) in [6, 6.07) is 13.9. The van der Waals surface area contributed by atoms with E-state index in [0.29, 0.717) is 11.3 Å². The van der Waals surface area contributed by atoms with Gasteiger partial charge in [0, 0.05) is 29.8 Å². The second-order valence-electron chi connectivity index (χ2n) is 5.58. The van der Waals surface area contributed by atoms with Gasteiger partial charge in [0.1, 0.15) is 0 Å². The van der Waals surface area contributed by atoms with Crippen molar-refractivity contribution in [3.8, 4) is 22.6 Å². The fraction of sp³-hybridized carbons (Fsp3) is 0.105. The second-order valence-corrected chi connectivity index (χ2v) is 5.58. The molecule has 0 aliphatic heterocycles. The molecule has 0 aliphatic rings. The normalized spacial score (nSPS) is 11.3. The maximum Gasteiger partial charge on any atom is 0.335 e. The molecule has 0 unspecified atom stereocenters. The van der Waals surface area contributed by atoms with E-state index in [1.807, 2.05) is 0 Å². The maximum absolute atomic E-state index is 13.8. The minimum Gasteiger partial charge on any atom is -0.478 e. The molecular formula is C19H14F2N2O2. The molecule has 0 amide bonds. The minimum atomic E-state index is -3.01. The molecule has 0 atom stereocenters. The number of carboxylic acids is 1. The number of hydrogen-bond acceptors (Lipinski definition) is 3. The summed E-state index contributed by atoms with van der Waals surface area (Å²) in [6.07, 6.45) is 1.49. The highest BCUT2D eigenvalue weighted by Crippen LogP contribution is 2.34. The standard InChI is InChI=1S/C19H14F2N2O2/c1-19(20,21)15-5-3-2-4-14(15)17-22-11-10-16(23-17)12-6-8-13(9-7-12)18(24)25/h2-11H,1H3,(H,24,25). The Kier molecular flexibility index (Phi) is 4.27. The van der Waals surface area contributed by atoms with Crippen LogP contribution in [0.25, 0.3) is 22.6 Å². The zero-order valence-electron chi connectivity index (χ0n) is 13.3. The average Bonchev–Trinajstić information content (AvgIpc) is 2.61. The van der Waals surface area contributed by atoms with Crippen LogP contribution in [-0.2, 0) is 5.92 Å². The number of hydrogen-bond donors (Lipinski definition) is 1. The smallest absolute Gasteiger partial charge is 0.335 e. The van der Waals surface area contributed by atoms with Gasteiger partial charge in [-0.25, -0.2) is 23.5 Å². The van der Waals surface area contributed by atoms with Crippen molar-refractivity contribution in [1.29, 1.82) is 0 Å². The van der Waals surface area contributed by atoms with Crippen molar-refractivity contribution in [3.63, 3.8) is 0 Å². The number of carboxylic acid groups (broad SMARTS) is 1. The van der Waals surface area contributed by atoms with Gasteiger partial charge < -0.3 is 5.11 Å². The first kappa shape index (κ1) is 16.7. The average molecular weight is 340 g/mol. The van der Waals surface area contributed by atoms with E-state index >= 15 is 0 Å². The topological polar surface area (TPSA) is 63.1 Å². The molecule has 0 fully saturated rings. The van der Waals surface area contributed by atoms with Crippen LogP contribution in [0.3, 0.4) is 0 Å². The molecule has 0 spiro atoms. The van der Waals surface area contributed by atoms with E-state index in [1.165, 1.54) is 24.4 Å². The third kappa shape index (κ3) is 3.52. The predicted molar refractivity (Wildman–Crippen MR) is 89.4 cm³/mol. The van der Waals surface area contributed by atoms with Gasteiger partial charge in [0.25, 0.3) is 5.92 Å². The van der Waals surface area contributed by atoms with E-state index in [2.05, 4.69) is 9.97 Å². The number of alkyl halides is 2. The highest BCUT2D eigenvalue weighted by atomic mass is 19.3. The Bertz CT molecular complexity index is 919. The Morgan fingerprint density at radius 1 is 1.04 bits per heavy atom. The number of rotatable bonds is 4. The van der Waals surface area contributed by atoms with Crippen LogP contribution in [0.1, 0.15) is 22.8 Å². The van der Waals surface area contributed by atoms with E-state index in [0.717, 1.165) is 6.92 Å². The molecule has 25 heavy (non-hydrogen) atoms. The zero-order valence-corrected chi connectivity index (χ0v) is 13.3. The molecule has 6 heteroatoms. The molecule has 0 bridgehead atoms. The summed E-state index contributed by atoms with van der Waals surface area (Å²) in [7, 11) is 0. The molecule has 3 rings (SSSR count). The maximum atomic E-state index is 13.8. The summed E-state index contributed by atoms with van der Waals surface area (Å²) in [6.45, 7) is 0.834. The molecule has 0 radical (unpaired) electrons. The van der Waals surface area contributed by atoms with Crippen molar-refractivity contribution in [2.24, 2.45) is 0 Å². The lowest BCUT2D eigenvalue weighted by atomic mass is 10.0. The monoisotopic (exact) mass is 340 g/mol. The Hall–Kier alpha value is -3.15. The van der Waals surface area contributed by atoms with Crippen molar-refractivity contribution in [1.82, 2.24) is 9.97 Å². The summed E-state index contributed by atoms with van der Waals surface area (Å²) in [4.78, 5) is 19.4. The van der Waals surface area contributed by atoms with Crippen molar-refractivity contribution in [3.05, 3.63) is 71.9 Å². The van der Waals surface area contributed by atoms with Crippen LogP contribution >= 0.6 is 0 Å². The number of benzene rings is 2. The van der Waals surface area contributed by atoms with Gasteiger partial charge in [-0.2, -0.15) is 0 Å². The van der Waals surface area contributed by atoms with Crippen LogP contribution in [0.2, 0.25) is 0 Å². The number of aromatic nitrogens is 2. The summed E-state index contributed by atoms with van der Waals surface area (Å²) < 4.78 is 27.7. The van der Waals surface area contributed by atoms with E-state index < -0.39 is 11.9 Å². The SMILES string of the molecule is CC(F)(F)c1ccccc1-c1nccc(-c2ccc(C(=O)O)cc2)n1. The van der Waals surface area contributed by atoms with Crippen LogP contribution < -0.4 is 0 Å². The second kappa shape index (κ2) is 6.39. The van der Waals surface area contributed by atoms with E-state index in [4.69, 9.17) is 5.11 Å². The first-order chi connectivity index (χ1) is 11.9. The Morgan fingerprint density at radius 3 is 2.36 bits per heavy atom. The lowest BCUT2D eigenvalue weighted by Crippen LogP contribution is -2.09. The van der Waals surface area contributed by atoms with Gasteiger partial charge in [-0.05, 0) is 18.2 Å². The Morgan fingerprint density at radius 2 is 1.72 bits per heavy atom. The van der Waals surface area contributed by atoms with Gasteiger partial charge in [-0.15, -0.1) is 0 Å². The van der Waals surface area contributed by atoms with Gasteiger partial charge in [-0.3, -0.25) is 0 Å². The van der Waals surface area contributed by atoms with E-state index in [1.54, 1.807) is 36.4 Å². The van der Waals surface area contributed by atoms with E-state index in [-0.39, 0.29) is 22.5 Å². The number of nitrogens with zero attached hydrogens (tertiary/aromatic N) is 2. The molecule has 126 valence electrons. The van der Waals surface area contributed by atoms with Gasteiger partial charge in [0.2, 0.25) is 0 Å². The number of aromatic carboxylic acids is 1. The number of halogens is 2. The first-order valence-electron chi connectivity index (χ1n) is 7.51. The van der Waals surface area contributed by atoms with E-state index in [9.17, 15) is 13.6 Å². The Balaban J connectivity index is 2.05. The molecule has 0 saturated carbocycles. The fourth-order valence-corrected chi connectivity index (χ4v) is 2.49. The van der Waals surface area contributed by atoms with Crippen LogP contribution in [-0.4, -0.2) is 21.0 Å². The Labute approximate surface area is 142 Å². The summed E-state index contributed by atoms with van der Waals surface area (Å²) >= 11 is 0. The summed E-state index contributed by atoms with van der Waals surface area (Å²) in [5.41, 5.74) is 1.48. The molecule has 0 saturated heterocycles. The zero-order chi connectivity index (χ0) is 18.0. The van der Waals surface area contributed by atoms with Crippen molar-refractivity contribution in [2.75, 3.05) is 0 Å². The first-order valence-corrected chi connectivity index (χ1v) is 7.51. The molecular weight excluding hydrogens is 326 g/mol. The highest BCUT2D eigenvalue weighted by molar-refractivity contribution is 5.88. The van der Waals surface area contributed by atoms with Crippen LogP contribution in [0.15, 0.2) is 60.8 Å². The molecule has 2 aromatic carbocycles. The molecule has 1 heterocycles. The summed E-state index contributed by atoms with van der Waals surface area (Å²) in [5, 5.41) is 8.95. The fourth-order valence-electron chi connectivity index (χ4n) is 2.49. The molecule has 1 N–H and O–H groups in total. The largest absolute Gasteiger partial charge is 0.478 e. The lowest BCUT2D eigenvalue weighted by Gasteiger charge is -2.15. The molecule has 4 nitrogen and oxygen atoms in total. The van der Waals surface area contributed by atoms with Crippen LogP contribution in [0.5, 0.6) is 0 Å². The highest BCUT2D eigenvalue weighted by Gasteiger charge is 2.28. The van der Waals surface area contributed by atoms with Gasteiger partial charge in [0.05, 0.1) is 11.3 Å². The van der Waals surface area contributed by atoms with Crippen LogP contribution in [0.4, 0.5) is 8.78 Å². The van der Waals surface area contributed by atoms with Crippen molar-refractivity contribution < 1.29 is 18.7 Å². The van der Waals surface area contributed by atoms with Gasteiger partial charge in [0.15, 0.2) is 5.82 Å². The number of carbonyl (C=O) groups is 1. The third-order valence-corrected chi connectivity index (χ3v) is 3.72. The van der Waals surface area contributed by atoms with Crippen molar-refractivity contribution >= 4 is 5.97 Å². The summed E-state index contributed by atoms with van der Waals surface area (Å²) in [5.74, 6) is -3.84. The quantitative estimate of drug-likeness (QED) is 0.753. The lowest BCUT2D eigenvalue weighted by molar-refractivity contribution is 0.0180. The molecule has 1 aromatic heterocycles. The third-order valence-electron chi connectivity index (χ3n) is 3.72. The minimum absolute atomic E-state index is 0.145. The van der Waals surface area contributed by atoms with Crippen LogP contribution in [0, 0.1) is 0 Å². The van der Waals surface area contributed by atoms with Gasteiger partial charge in [-0.1, -0.05) is 36.4 Å². The molecule has 0 aliphatic carbocycles. The molecule has 3 aromatic rings. The van der Waals surface area contributed by atoms with Gasteiger partial charge >= 0.3 is 5.97 Å². The van der Waals surface area contributed by atoms with Crippen molar-refractivity contribution in [2.45, 2.75) is 12.8 Å². The predicted octanol–water partition coefficient (Wildman–Crippen LogP) is 4.62.